The van der Waals surface area contributed by atoms with Crippen molar-refractivity contribution in [2.75, 3.05) is 33.2 Å². The highest BCUT2D eigenvalue weighted by Gasteiger charge is 2.30. The quantitative estimate of drug-likeness (QED) is 0.847. The van der Waals surface area contributed by atoms with E-state index in [0.29, 0.717) is 26.2 Å². The number of aromatic nitrogens is 2. The zero-order valence-electron chi connectivity index (χ0n) is 15.1. The van der Waals surface area contributed by atoms with Gasteiger partial charge in [-0.15, -0.1) is 23.7 Å². The number of aryl methyl sites for hydroxylation is 2. The van der Waals surface area contributed by atoms with Gasteiger partial charge in [0.25, 0.3) is 5.91 Å². The minimum atomic E-state index is -0.407. The van der Waals surface area contributed by atoms with Crippen LogP contribution in [0.5, 0.6) is 0 Å². The number of rotatable bonds is 4. The van der Waals surface area contributed by atoms with E-state index >= 15 is 0 Å². The van der Waals surface area contributed by atoms with Gasteiger partial charge in [0.05, 0.1) is 11.1 Å². The van der Waals surface area contributed by atoms with Crippen molar-refractivity contribution >= 4 is 35.6 Å². The summed E-state index contributed by atoms with van der Waals surface area (Å²) < 4.78 is 1.69. The van der Waals surface area contributed by atoms with Crippen molar-refractivity contribution in [1.29, 1.82) is 0 Å². The fraction of sp³-hybridized carbons (Fsp3) is 0.471. The molecule has 2 aromatic rings. The maximum atomic E-state index is 12.8. The summed E-state index contributed by atoms with van der Waals surface area (Å²) in [6.07, 6.45) is 3.55. The SMILES string of the molecule is CNC(C(=O)N1CCN(C(=O)c2ccc(C)s2)CC1)c1cnn(C)c1.Cl. The van der Waals surface area contributed by atoms with E-state index in [9.17, 15) is 9.59 Å². The van der Waals surface area contributed by atoms with Gasteiger partial charge >= 0.3 is 0 Å². The molecule has 0 spiro atoms. The predicted molar refractivity (Wildman–Crippen MR) is 104 cm³/mol. The van der Waals surface area contributed by atoms with Crippen LogP contribution in [0.3, 0.4) is 0 Å². The Morgan fingerprint density at radius 3 is 2.35 bits per heavy atom. The molecule has 142 valence electrons. The smallest absolute Gasteiger partial charge is 0.264 e. The summed E-state index contributed by atoms with van der Waals surface area (Å²) in [6.45, 7) is 4.21. The van der Waals surface area contributed by atoms with Crippen molar-refractivity contribution in [3.63, 3.8) is 0 Å². The summed E-state index contributed by atoms with van der Waals surface area (Å²) in [5.41, 5.74) is 0.850. The summed E-state index contributed by atoms with van der Waals surface area (Å²) in [5.74, 6) is 0.0807. The summed E-state index contributed by atoms with van der Waals surface area (Å²) in [5, 5.41) is 7.21. The molecule has 26 heavy (non-hydrogen) atoms. The minimum absolute atomic E-state index is 0. The van der Waals surface area contributed by atoms with Crippen molar-refractivity contribution in [1.82, 2.24) is 24.9 Å². The van der Waals surface area contributed by atoms with E-state index in [1.54, 1.807) is 17.9 Å². The molecule has 1 aliphatic heterocycles. The van der Waals surface area contributed by atoms with E-state index < -0.39 is 6.04 Å². The number of hydrogen-bond donors (Lipinski definition) is 1. The monoisotopic (exact) mass is 397 g/mol. The van der Waals surface area contributed by atoms with E-state index in [-0.39, 0.29) is 24.2 Å². The first kappa shape index (κ1) is 20.4. The van der Waals surface area contributed by atoms with E-state index in [1.165, 1.54) is 11.3 Å². The van der Waals surface area contributed by atoms with Crippen molar-refractivity contribution in [3.05, 3.63) is 39.8 Å². The number of likely N-dealkylation sites (N-methyl/N-ethyl adjacent to an activating group) is 1. The molecule has 0 saturated carbocycles. The highest BCUT2D eigenvalue weighted by atomic mass is 35.5. The van der Waals surface area contributed by atoms with Gasteiger partial charge in [0.2, 0.25) is 5.91 Å². The molecule has 7 nitrogen and oxygen atoms in total. The number of halogens is 1. The Labute approximate surface area is 163 Å². The molecule has 3 heterocycles. The third-order valence-electron chi connectivity index (χ3n) is 4.42. The molecule has 2 aromatic heterocycles. The molecule has 0 bridgehead atoms. The van der Waals surface area contributed by atoms with Crippen LogP contribution in [-0.4, -0.2) is 64.6 Å². The van der Waals surface area contributed by atoms with Gasteiger partial charge < -0.3 is 15.1 Å². The Bertz CT molecular complexity index is 767. The second-order valence-corrected chi connectivity index (χ2v) is 7.48. The lowest BCUT2D eigenvalue weighted by Gasteiger charge is -2.36. The van der Waals surface area contributed by atoms with Gasteiger partial charge in [-0.05, 0) is 26.1 Å². The largest absolute Gasteiger partial charge is 0.337 e. The van der Waals surface area contributed by atoms with Crippen LogP contribution in [0.4, 0.5) is 0 Å². The molecular weight excluding hydrogens is 374 g/mol. The van der Waals surface area contributed by atoms with Crippen molar-refractivity contribution < 1.29 is 9.59 Å². The Morgan fingerprint density at radius 1 is 1.19 bits per heavy atom. The van der Waals surface area contributed by atoms with Gasteiger partial charge in [-0.1, -0.05) is 0 Å². The second kappa shape index (κ2) is 8.66. The molecule has 1 atom stereocenters. The first-order chi connectivity index (χ1) is 12.0. The summed E-state index contributed by atoms with van der Waals surface area (Å²) >= 11 is 1.51. The van der Waals surface area contributed by atoms with Crippen molar-refractivity contribution in [3.8, 4) is 0 Å². The number of nitrogens with one attached hydrogen (secondary N) is 1. The Kier molecular flexibility index (Phi) is 6.80. The lowest BCUT2D eigenvalue weighted by molar-refractivity contribution is -0.135. The third-order valence-corrected chi connectivity index (χ3v) is 5.41. The van der Waals surface area contributed by atoms with Gasteiger partial charge in [-0.2, -0.15) is 5.10 Å². The number of piperazine rings is 1. The molecule has 1 unspecified atom stereocenters. The molecular formula is C17H24ClN5O2S. The van der Waals surface area contributed by atoms with Crippen LogP contribution in [0.25, 0.3) is 0 Å². The van der Waals surface area contributed by atoms with Gasteiger partial charge in [-0.25, -0.2) is 0 Å². The van der Waals surface area contributed by atoms with E-state index in [4.69, 9.17) is 0 Å². The molecule has 0 aromatic carbocycles. The summed E-state index contributed by atoms with van der Waals surface area (Å²) in [7, 11) is 3.60. The first-order valence-electron chi connectivity index (χ1n) is 8.30. The molecule has 3 rings (SSSR count). The van der Waals surface area contributed by atoms with Crippen LogP contribution in [-0.2, 0) is 11.8 Å². The fourth-order valence-corrected chi connectivity index (χ4v) is 3.88. The Hall–Kier alpha value is -1.90. The van der Waals surface area contributed by atoms with Gasteiger partial charge in [0.1, 0.15) is 6.04 Å². The zero-order chi connectivity index (χ0) is 18.0. The van der Waals surface area contributed by atoms with E-state index in [2.05, 4.69) is 10.4 Å². The average Bonchev–Trinajstić information content (AvgIpc) is 3.23. The predicted octanol–water partition coefficient (Wildman–Crippen LogP) is 1.46. The van der Waals surface area contributed by atoms with Crippen LogP contribution < -0.4 is 5.32 Å². The molecule has 1 aliphatic rings. The number of carbonyl (C=O) groups excluding carboxylic acids is 2. The zero-order valence-corrected chi connectivity index (χ0v) is 16.8. The topological polar surface area (TPSA) is 70.5 Å². The lowest BCUT2D eigenvalue weighted by Crippen LogP contribution is -2.52. The van der Waals surface area contributed by atoms with Crippen molar-refractivity contribution in [2.45, 2.75) is 13.0 Å². The second-order valence-electron chi connectivity index (χ2n) is 6.20. The Balaban J connectivity index is 0.00000243. The van der Waals surface area contributed by atoms with Crippen LogP contribution in [0.15, 0.2) is 24.5 Å². The normalized spacial score (nSPS) is 15.5. The standard InChI is InChI=1S/C17H23N5O2S.ClH/c1-12-4-5-14(25-12)16(23)21-6-8-22(9-7-21)17(24)15(18-2)13-10-19-20(3)11-13;/h4-5,10-11,15,18H,6-9H2,1-3H3;1H. The highest BCUT2D eigenvalue weighted by Crippen LogP contribution is 2.20. The molecule has 1 N–H and O–H groups in total. The summed E-state index contributed by atoms with van der Waals surface area (Å²) in [4.78, 5) is 30.9. The first-order valence-corrected chi connectivity index (χ1v) is 9.11. The van der Waals surface area contributed by atoms with Crippen LogP contribution >= 0.6 is 23.7 Å². The van der Waals surface area contributed by atoms with E-state index in [1.807, 2.05) is 42.1 Å². The lowest BCUT2D eigenvalue weighted by atomic mass is 10.1. The fourth-order valence-electron chi connectivity index (χ4n) is 3.04. The molecule has 1 fully saturated rings. The van der Waals surface area contributed by atoms with Gasteiger partial charge in [-0.3, -0.25) is 14.3 Å². The van der Waals surface area contributed by atoms with Gasteiger partial charge in [0, 0.05) is 49.9 Å². The average molecular weight is 398 g/mol. The molecule has 9 heteroatoms. The van der Waals surface area contributed by atoms with Crippen LogP contribution in [0, 0.1) is 6.92 Å². The molecule has 0 aliphatic carbocycles. The summed E-state index contributed by atoms with van der Waals surface area (Å²) in [6, 6.07) is 3.43. The highest BCUT2D eigenvalue weighted by molar-refractivity contribution is 7.13. The number of carbonyl (C=O) groups is 2. The minimum Gasteiger partial charge on any atom is -0.337 e. The molecule has 1 saturated heterocycles. The Morgan fingerprint density at radius 2 is 1.85 bits per heavy atom. The van der Waals surface area contributed by atoms with Gasteiger partial charge in [0.15, 0.2) is 0 Å². The number of hydrogen-bond acceptors (Lipinski definition) is 5. The van der Waals surface area contributed by atoms with Crippen LogP contribution in [0.1, 0.15) is 26.2 Å². The molecule has 0 radical (unpaired) electrons. The number of nitrogens with zero attached hydrogens (tertiary/aromatic N) is 4. The number of amides is 2. The van der Waals surface area contributed by atoms with Crippen LogP contribution in [0.2, 0.25) is 0 Å². The van der Waals surface area contributed by atoms with Crippen molar-refractivity contribution in [2.24, 2.45) is 7.05 Å². The number of thiophene rings is 1. The molecule has 2 amide bonds. The maximum Gasteiger partial charge on any atom is 0.264 e. The third kappa shape index (κ3) is 4.25. The maximum absolute atomic E-state index is 12.8. The van der Waals surface area contributed by atoms with E-state index in [0.717, 1.165) is 15.3 Å².